The summed E-state index contributed by atoms with van der Waals surface area (Å²) in [4.78, 5) is 10.9. The number of nitrogens with zero attached hydrogens (tertiary/aromatic N) is 3. The van der Waals surface area contributed by atoms with Gasteiger partial charge in [-0.2, -0.15) is 0 Å². The van der Waals surface area contributed by atoms with Crippen LogP contribution in [-0.4, -0.2) is 43.2 Å². The molecule has 1 aliphatic heterocycles. The van der Waals surface area contributed by atoms with Gasteiger partial charge in [-0.05, 0) is 24.6 Å². The molecule has 2 aromatic rings. The van der Waals surface area contributed by atoms with E-state index in [0.717, 1.165) is 22.2 Å². The third kappa shape index (κ3) is 4.35. The number of nitrogens with one attached hydrogen (secondary N) is 1. The maximum atomic E-state index is 6.29. The van der Waals surface area contributed by atoms with Gasteiger partial charge in [0.1, 0.15) is 13.2 Å². The Morgan fingerprint density at radius 3 is 2.92 bits per heavy atom. The number of fused-ring (bicyclic) bond motifs is 1. The number of benzene rings is 1. The van der Waals surface area contributed by atoms with Crippen LogP contribution in [0.1, 0.15) is 16.3 Å². The second-order valence-corrected chi connectivity index (χ2v) is 7.19. The Morgan fingerprint density at radius 1 is 1.40 bits per heavy atom. The number of hydrogen-bond donors (Lipinski definition) is 1. The van der Waals surface area contributed by atoms with Gasteiger partial charge in [0.05, 0.1) is 22.3 Å². The Balaban J connectivity index is 1.64. The Hall–Kier alpha value is -1.99. The summed E-state index contributed by atoms with van der Waals surface area (Å²) in [5.74, 6) is 2.10. The van der Waals surface area contributed by atoms with Crippen LogP contribution in [0.2, 0.25) is 5.02 Å². The van der Waals surface area contributed by atoms with E-state index in [1.165, 1.54) is 0 Å². The van der Waals surface area contributed by atoms with Gasteiger partial charge < -0.3 is 19.7 Å². The Labute approximate surface area is 156 Å². The van der Waals surface area contributed by atoms with E-state index in [4.69, 9.17) is 21.1 Å². The SMILES string of the molecule is CN=C(NCc1cc(Cl)c2c(c1)OCCO2)N(C)Cc1csc(C)n1. The van der Waals surface area contributed by atoms with E-state index in [2.05, 4.69) is 20.7 Å². The normalized spacial score (nSPS) is 13.7. The Morgan fingerprint density at radius 2 is 2.20 bits per heavy atom. The van der Waals surface area contributed by atoms with E-state index in [0.29, 0.717) is 42.8 Å². The summed E-state index contributed by atoms with van der Waals surface area (Å²) in [6, 6.07) is 3.84. The second-order valence-electron chi connectivity index (χ2n) is 5.72. The van der Waals surface area contributed by atoms with Crippen molar-refractivity contribution in [2.24, 2.45) is 4.99 Å². The number of aliphatic imine (C=N–C) groups is 1. The standard InChI is InChI=1S/C17H21ClN4O2S/c1-11-21-13(10-25-11)9-22(3)17(19-2)20-8-12-6-14(18)16-15(7-12)23-4-5-24-16/h6-7,10H,4-5,8-9H2,1-3H3,(H,19,20). The zero-order valence-electron chi connectivity index (χ0n) is 14.5. The first-order chi connectivity index (χ1) is 12.1. The third-order valence-corrected chi connectivity index (χ3v) is 4.85. The molecule has 8 heteroatoms. The van der Waals surface area contributed by atoms with Gasteiger partial charge in [-0.15, -0.1) is 11.3 Å². The first kappa shape index (κ1) is 17.8. The van der Waals surface area contributed by atoms with Gasteiger partial charge in [-0.3, -0.25) is 4.99 Å². The number of guanidine groups is 1. The molecule has 0 radical (unpaired) electrons. The number of aryl methyl sites for hydroxylation is 1. The molecule has 0 aliphatic carbocycles. The van der Waals surface area contributed by atoms with Gasteiger partial charge in [0.15, 0.2) is 17.5 Å². The molecule has 1 aliphatic rings. The molecule has 134 valence electrons. The molecule has 0 bridgehead atoms. The van der Waals surface area contributed by atoms with Gasteiger partial charge in [0, 0.05) is 26.0 Å². The van der Waals surface area contributed by atoms with Crippen LogP contribution in [0.4, 0.5) is 0 Å². The molecule has 3 rings (SSSR count). The highest BCUT2D eigenvalue weighted by Gasteiger charge is 2.17. The fraction of sp³-hybridized carbons (Fsp3) is 0.412. The van der Waals surface area contributed by atoms with Gasteiger partial charge in [0.2, 0.25) is 0 Å². The Kier molecular flexibility index (Phi) is 5.65. The van der Waals surface area contributed by atoms with E-state index in [1.54, 1.807) is 18.4 Å². The fourth-order valence-corrected chi connectivity index (χ4v) is 3.52. The molecule has 1 aromatic heterocycles. The van der Waals surface area contributed by atoms with Crippen molar-refractivity contribution in [3.05, 3.63) is 38.8 Å². The summed E-state index contributed by atoms with van der Waals surface area (Å²) in [5, 5.41) is 7.04. The highest BCUT2D eigenvalue weighted by molar-refractivity contribution is 7.09. The van der Waals surface area contributed by atoms with Crippen molar-refractivity contribution in [1.82, 2.24) is 15.2 Å². The van der Waals surface area contributed by atoms with Gasteiger partial charge in [-0.1, -0.05) is 11.6 Å². The molecule has 0 spiro atoms. The van der Waals surface area contributed by atoms with Crippen LogP contribution in [0.5, 0.6) is 11.5 Å². The molecule has 0 saturated carbocycles. The topological polar surface area (TPSA) is 59.0 Å². The van der Waals surface area contributed by atoms with Crippen LogP contribution < -0.4 is 14.8 Å². The molecular weight excluding hydrogens is 360 g/mol. The lowest BCUT2D eigenvalue weighted by Gasteiger charge is -2.23. The quantitative estimate of drug-likeness (QED) is 0.652. The first-order valence-corrected chi connectivity index (χ1v) is 9.23. The van der Waals surface area contributed by atoms with Crippen molar-refractivity contribution in [3.8, 4) is 11.5 Å². The van der Waals surface area contributed by atoms with E-state index in [9.17, 15) is 0 Å². The average Bonchev–Trinajstić information content (AvgIpc) is 3.00. The number of aromatic nitrogens is 1. The predicted molar refractivity (Wildman–Crippen MR) is 101 cm³/mol. The summed E-state index contributed by atoms with van der Waals surface area (Å²) in [5.41, 5.74) is 2.05. The summed E-state index contributed by atoms with van der Waals surface area (Å²) >= 11 is 7.94. The number of rotatable bonds is 4. The summed E-state index contributed by atoms with van der Waals surface area (Å²) in [7, 11) is 3.75. The van der Waals surface area contributed by atoms with Crippen LogP contribution in [-0.2, 0) is 13.1 Å². The molecular formula is C17H21ClN4O2S. The van der Waals surface area contributed by atoms with Crippen LogP contribution in [0.3, 0.4) is 0 Å². The number of thiazole rings is 1. The monoisotopic (exact) mass is 380 g/mol. The number of ether oxygens (including phenoxy) is 2. The van der Waals surface area contributed by atoms with Crippen molar-refractivity contribution < 1.29 is 9.47 Å². The summed E-state index contributed by atoms with van der Waals surface area (Å²) in [6.07, 6.45) is 0. The third-order valence-electron chi connectivity index (χ3n) is 3.75. The maximum absolute atomic E-state index is 6.29. The van der Waals surface area contributed by atoms with Gasteiger partial charge in [-0.25, -0.2) is 4.98 Å². The molecule has 0 amide bonds. The van der Waals surface area contributed by atoms with E-state index in [-0.39, 0.29) is 0 Å². The van der Waals surface area contributed by atoms with E-state index < -0.39 is 0 Å². The van der Waals surface area contributed by atoms with Crippen LogP contribution in [0, 0.1) is 6.92 Å². The van der Waals surface area contributed by atoms with Crippen molar-refractivity contribution in [1.29, 1.82) is 0 Å². The minimum absolute atomic E-state index is 0.526. The van der Waals surface area contributed by atoms with Crippen molar-refractivity contribution >= 4 is 28.9 Å². The second kappa shape index (κ2) is 7.93. The lowest BCUT2D eigenvalue weighted by Crippen LogP contribution is -2.38. The lowest BCUT2D eigenvalue weighted by atomic mass is 10.2. The fourth-order valence-electron chi connectivity index (χ4n) is 2.63. The highest BCUT2D eigenvalue weighted by atomic mass is 35.5. The van der Waals surface area contributed by atoms with Gasteiger partial charge >= 0.3 is 0 Å². The van der Waals surface area contributed by atoms with Crippen LogP contribution in [0.25, 0.3) is 0 Å². The lowest BCUT2D eigenvalue weighted by molar-refractivity contribution is 0.171. The van der Waals surface area contributed by atoms with E-state index in [1.807, 2.05) is 31.0 Å². The van der Waals surface area contributed by atoms with E-state index >= 15 is 0 Å². The van der Waals surface area contributed by atoms with Crippen molar-refractivity contribution in [2.45, 2.75) is 20.0 Å². The van der Waals surface area contributed by atoms with Crippen molar-refractivity contribution in [2.75, 3.05) is 27.3 Å². The minimum atomic E-state index is 0.526. The Bertz CT molecular complexity index is 778. The number of halogens is 1. The summed E-state index contributed by atoms with van der Waals surface area (Å²) in [6.45, 7) is 4.36. The molecule has 0 saturated heterocycles. The summed E-state index contributed by atoms with van der Waals surface area (Å²) < 4.78 is 11.2. The molecule has 25 heavy (non-hydrogen) atoms. The average molecular weight is 381 g/mol. The highest BCUT2D eigenvalue weighted by Crippen LogP contribution is 2.38. The van der Waals surface area contributed by atoms with Crippen LogP contribution >= 0.6 is 22.9 Å². The number of hydrogen-bond acceptors (Lipinski definition) is 5. The maximum Gasteiger partial charge on any atom is 0.194 e. The molecule has 0 unspecified atom stereocenters. The molecule has 1 N–H and O–H groups in total. The van der Waals surface area contributed by atoms with Crippen LogP contribution in [0.15, 0.2) is 22.5 Å². The smallest absolute Gasteiger partial charge is 0.194 e. The van der Waals surface area contributed by atoms with Gasteiger partial charge in [0.25, 0.3) is 0 Å². The molecule has 0 atom stereocenters. The molecule has 6 nitrogen and oxygen atoms in total. The predicted octanol–water partition coefficient (Wildman–Crippen LogP) is 3.08. The molecule has 1 aromatic carbocycles. The zero-order valence-corrected chi connectivity index (χ0v) is 16.1. The van der Waals surface area contributed by atoms with Crippen molar-refractivity contribution in [3.63, 3.8) is 0 Å². The largest absolute Gasteiger partial charge is 0.486 e. The molecule has 0 fully saturated rings. The minimum Gasteiger partial charge on any atom is -0.486 e. The zero-order chi connectivity index (χ0) is 17.8. The molecule has 2 heterocycles. The first-order valence-electron chi connectivity index (χ1n) is 7.97.